The molecule has 8 nitrogen and oxygen atoms in total. The first-order valence-corrected chi connectivity index (χ1v) is 5.70. The SMILES string of the molecule is COc1cc(C=O)cc([N+](=O)[O-])c1S(N)(=O)=O. The zero-order valence-electron chi connectivity index (χ0n) is 8.61. The summed E-state index contributed by atoms with van der Waals surface area (Å²) in [6, 6.07) is 1.87. The molecule has 0 atom stereocenters. The number of ether oxygens (including phenoxy) is 1. The highest BCUT2D eigenvalue weighted by atomic mass is 32.2. The molecule has 0 saturated carbocycles. The second-order valence-corrected chi connectivity index (χ2v) is 4.49. The lowest BCUT2D eigenvalue weighted by atomic mass is 10.2. The van der Waals surface area contributed by atoms with Gasteiger partial charge in [0, 0.05) is 11.6 Å². The standard InChI is InChI=1S/C8H8N2O6S/c1-16-7-3-5(4-11)2-6(10(12)13)8(7)17(9,14)15/h2-4H,1H3,(H2,9,14,15). The smallest absolute Gasteiger partial charge is 0.293 e. The van der Waals surface area contributed by atoms with Crippen LogP contribution in [0.25, 0.3) is 0 Å². The molecule has 0 spiro atoms. The minimum absolute atomic E-state index is 0.0825. The van der Waals surface area contributed by atoms with Crippen LogP contribution in [0.4, 0.5) is 5.69 Å². The Hall–Kier alpha value is -2.00. The Morgan fingerprint density at radius 3 is 2.41 bits per heavy atom. The lowest BCUT2D eigenvalue weighted by Crippen LogP contribution is -2.16. The normalized spacial score (nSPS) is 10.9. The molecule has 0 heterocycles. The second kappa shape index (κ2) is 4.47. The van der Waals surface area contributed by atoms with Crippen molar-refractivity contribution < 1.29 is 22.9 Å². The van der Waals surface area contributed by atoms with Crippen LogP contribution in [0.2, 0.25) is 0 Å². The molecule has 17 heavy (non-hydrogen) atoms. The van der Waals surface area contributed by atoms with E-state index in [9.17, 15) is 23.3 Å². The van der Waals surface area contributed by atoms with Crippen molar-refractivity contribution in [3.05, 3.63) is 27.8 Å². The zero-order valence-corrected chi connectivity index (χ0v) is 9.43. The van der Waals surface area contributed by atoms with Crippen LogP contribution in [0.5, 0.6) is 5.75 Å². The van der Waals surface area contributed by atoms with Gasteiger partial charge in [-0.1, -0.05) is 0 Å². The number of carbonyl (C=O) groups is 1. The van der Waals surface area contributed by atoms with Gasteiger partial charge in [0.1, 0.15) is 12.0 Å². The number of benzene rings is 1. The van der Waals surface area contributed by atoms with Gasteiger partial charge in [0.15, 0.2) is 0 Å². The van der Waals surface area contributed by atoms with E-state index in [1.165, 1.54) is 0 Å². The van der Waals surface area contributed by atoms with Crippen LogP contribution < -0.4 is 9.88 Å². The summed E-state index contributed by atoms with van der Waals surface area (Å²) in [5.41, 5.74) is -0.880. The van der Waals surface area contributed by atoms with Gasteiger partial charge in [0.2, 0.25) is 14.9 Å². The van der Waals surface area contributed by atoms with Crippen molar-refractivity contribution >= 4 is 22.0 Å². The van der Waals surface area contributed by atoms with E-state index >= 15 is 0 Å². The summed E-state index contributed by atoms with van der Waals surface area (Å²) in [4.78, 5) is 19.6. The number of nitrogens with zero attached hydrogens (tertiary/aromatic N) is 1. The Bertz CT molecular complexity index is 580. The van der Waals surface area contributed by atoms with Crippen LogP contribution in [0.3, 0.4) is 0 Å². The van der Waals surface area contributed by atoms with Crippen LogP contribution in [-0.4, -0.2) is 26.7 Å². The lowest BCUT2D eigenvalue weighted by molar-refractivity contribution is -0.388. The van der Waals surface area contributed by atoms with Crippen molar-refractivity contribution in [2.75, 3.05) is 7.11 Å². The molecule has 0 unspecified atom stereocenters. The number of nitro benzene ring substituents is 1. The van der Waals surface area contributed by atoms with Crippen LogP contribution in [-0.2, 0) is 10.0 Å². The predicted octanol–water partition coefficient (Wildman–Crippen LogP) is 0.0633. The third kappa shape index (κ3) is 2.57. The van der Waals surface area contributed by atoms with Crippen LogP contribution >= 0.6 is 0 Å². The molecule has 0 aromatic heterocycles. The number of aldehydes is 1. The zero-order chi connectivity index (χ0) is 13.2. The summed E-state index contributed by atoms with van der Waals surface area (Å²) < 4.78 is 27.2. The molecule has 0 aliphatic rings. The molecule has 1 aromatic rings. The number of nitro groups is 1. The summed E-state index contributed by atoms with van der Waals surface area (Å²) in [5, 5.41) is 15.6. The lowest BCUT2D eigenvalue weighted by Gasteiger charge is -2.07. The van der Waals surface area contributed by atoms with Crippen molar-refractivity contribution in [1.29, 1.82) is 0 Å². The Morgan fingerprint density at radius 1 is 1.47 bits per heavy atom. The van der Waals surface area contributed by atoms with Gasteiger partial charge in [-0.2, -0.15) is 0 Å². The van der Waals surface area contributed by atoms with E-state index in [1.807, 2.05) is 0 Å². The summed E-state index contributed by atoms with van der Waals surface area (Å²) >= 11 is 0. The third-order valence-corrected chi connectivity index (χ3v) is 2.87. The van der Waals surface area contributed by atoms with Crippen molar-refractivity contribution in [2.24, 2.45) is 5.14 Å². The topological polar surface area (TPSA) is 130 Å². The first kappa shape index (κ1) is 13.1. The minimum atomic E-state index is -4.33. The number of rotatable bonds is 4. The Kier molecular flexibility index (Phi) is 3.44. The third-order valence-electron chi connectivity index (χ3n) is 1.89. The fourth-order valence-electron chi connectivity index (χ4n) is 1.25. The fraction of sp³-hybridized carbons (Fsp3) is 0.125. The summed E-state index contributed by atoms with van der Waals surface area (Å²) in [6.07, 6.45) is 0.336. The van der Waals surface area contributed by atoms with Gasteiger partial charge in [-0.15, -0.1) is 0 Å². The van der Waals surface area contributed by atoms with Gasteiger partial charge < -0.3 is 4.74 Å². The average Bonchev–Trinajstić information content (AvgIpc) is 2.25. The van der Waals surface area contributed by atoms with E-state index in [0.29, 0.717) is 6.29 Å². The number of primary sulfonamides is 1. The molecular weight excluding hydrogens is 252 g/mol. The van der Waals surface area contributed by atoms with E-state index in [-0.39, 0.29) is 11.3 Å². The first-order chi connectivity index (χ1) is 7.81. The summed E-state index contributed by atoms with van der Waals surface area (Å²) in [6.45, 7) is 0. The maximum atomic E-state index is 11.2. The number of methoxy groups -OCH3 is 1. The molecule has 1 rings (SSSR count). The summed E-state index contributed by atoms with van der Waals surface area (Å²) in [7, 11) is -3.22. The molecule has 0 saturated heterocycles. The maximum Gasteiger partial charge on any atom is 0.293 e. The van der Waals surface area contributed by atoms with E-state index in [4.69, 9.17) is 5.14 Å². The minimum Gasteiger partial charge on any atom is -0.495 e. The number of hydrogen-bond donors (Lipinski definition) is 1. The Balaban J connectivity index is 3.77. The van der Waals surface area contributed by atoms with E-state index in [1.54, 1.807) is 0 Å². The second-order valence-electron chi connectivity index (χ2n) is 2.99. The van der Waals surface area contributed by atoms with Crippen LogP contribution in [0, 0.1) is 10.1 Å². The highest BCUT2D eigenvalue weighted by Crippen LogP contribution is 2.33. The fourth-order valence-corrected chi connectivity index (χ4v) is 2.10. The Morgan fingerprint density at radius 2 is 2.06 bits per heavy atom. The first-order valence-electron chi connectivity index (χ1n) is 4.15. The number of carbonyl (C=O) groups excluding carboxylic acids is 1. The highest BCUT2D eigenvalue weighted by Gasteiger charge is 2.28. The van der Waals surface area contributed by atoms with E-state index < -0.39 is 25.5 Å². The highest BCUT2D eigenvalue weighted by molar-refractivity contribution is 7.89. The van der Waals surface area contributed by atoms with Crippen molar-refractivity contribution in [2.45, 2.75) is 4.90 Å². The molecule has 0 aliphatic heterocycles. The molecule has 9 heteroatoms. The van der Waals surface area contributed by atoms with E-state index in [0.717, 1.165) is 19.2 Å². The van der Waals surface area contributed by atoms with Crippen molar-refractivity contribution in [3.63, 3.8) is 0 Å². The molecule has 0 amide bonds. The van der Waals surface area contributed by atoms with Gasteiger partial charge >= 0.3 is 0 Å². The van der Waals surface area contributed by atoms with Crippen molar-refractivity contribution in [3.8, 4) is 5.75 Å². The van der Waals surface area contributed by atoms with Gasteiger partial charge in [0.05, 0.1) is 12.0 Å². The van der Waals surface area contributed by atoms with Gasteiger partial charge in [-0.25, -0.2) is 13.6 Å². The number of hydrogen-bond acceptors (Lipinski definition) is 6. The maximum absolute atomic E-state index is 11.2. The number of nitrogens with two attached hydrogens (primary N) is 1. The van der Waals surface area contributed by atoms with Gasteiger partial charge in [0.25, 0.3) is 5.69 Å². The largest absolute Gasteiger partial charge is 0.495 e. The van der Waals surface area contributed by atoms with Crippen LogP contribution in [0.15, 0.2) is 17.0 Å². The molecule has 0 radical (unpaired) electrons. The molecule has 0 fully saturated rings. The molecule has 0 bridgehead atoms. The predicted molar refractivity (Wildman–Crippen MR) is 56.4 cm³/mol. The van der Waals surface area contributed by atoms with E-state index in [2.05, 4.69) is 4.74 Å². The van der Waals surface area contributed by atoms with Gasteiger partial charge in [-0.05, 0) is 6.07 Å². The molecule has 2 N–H and O–H groups in total. The summed E-state index contributed by atoms with van der Waals surface area (Å²) in [5.74, 6) is -0.344. The molecule has 92 valence electrons. The van der Waals surface area contributed by atoms with Crippen LogP contribution in [0.1, 0.15) is 10.4 Å². The quantitative estimate of drug-likeness (QED) is 0.463. The number of sulfonamides is 1. The average molecular weight is 260 g/mol. The molecule has 0 aliphatic carbocycles. The molecule has 1 aromatic carbocycles. The Labute approximate surface area is 96.2 Å². The van der Waals surface area contributed by atoms with Gasteiger partial charge in [-0.3, -0.25) is 14.9 Å². The molecular formula is C8H8N2O6S. The monoisotopic (exact) mass is 260 g/mol. The van der Waals surface area contributed by atoms with Crippen molar-refractivity contribution in [1.82, 2.24) is 0 Å².